The molecular formula is C22H15ClF3N7. The lowest BCUT2D eigenvalue weighted by molar-refractivity contribution is -0.173. The summed E-state index contributed by atoms with van der Waals surface area (Å²) in [5, 5.41) is 13.1. The van der Waals surface area contributed by atoms with E-state index in [2.05, 4.69) is 25.5 Å². The van der Waals surface area contributed by atoms with E-state index in [0.717, 1.165) is 15.6 Å². The van der Waals surface area contributed by atoms with Gasteiger partial charge in [0.2, 0.25) is 5.82 Å². The summed E-state index contributed by atoms with van der Waals surface area (Å²) in [7, 11) is 0. The van der Waals surface area contributed by atoms with Crippen LogP contribution in [0.2, 0.25) is 5.02 Å². The molecule has 166 valence electrons. The molecule has 0 spiro atoms. The topological polar surface area (TPSA) is 72.9 Å². The average molecular weight is 470 g/mol. The molecular weight excluding hydrogens is 455 g/mol. The van der Waals surface area contributed by atoms with Crippen molar-refractivity contribution in [1.82, 2.24) is 29.4 Å². The Morgan fingerprint density at radius 3 is 2.61 bits per heavy atom. The van der Waals surface area contributed by atoms with Crippen LogP contribution >= 0.6 is 11.6 Å². The van der Waals surface area contributed by atoms with E-state index < -0.39 is 18.3 Å². The minimum Gasteiger partial charge on any atom is -0.363 e. The predicted molar refractivity (Wildman–Crippen MR) is 117 cm³/mol. The lowest BCUT2D eigenvalue weighted by Gasteiger charge is -2.33. The zero-order valence-electron chi connectivity index (χ0n) is 16.8. The van der Waals surface area contributed by atoms with Crippen LogP contribution in [-0.2, 0) is 0 Å². The second-order valence-corrected chi connectivity index (χ2v) is 8.30. The summed E-state index contributed by atoms with van der Waals surface area (Å²) in [6.45, 7) is 0. The highest BCUT2D eigenvalue weighted by Gasteiger charge is 2.46. The third-order valence-corrected chi connectivity index (χ3v) is 6.03. The largest absolute Gasteiger partial charge is 0.410 e. The fourth-order valence-corrected chi connectivity index (χ4v) is 4.31. The van der Waals surface area contributed by atoms with Crippen molar-refractivity contribution in [2.45, 2.75) is 24.7 Å². The van der Waals surface area contributed by atoms with Crippen molar-refractivity contribution in [2.75, 3.05) is 5.32 Å². The Morgan fingerprint density at radius 1 is 1.03 bits per heavy atom. The fourth-order valence-electron chi connectivity index (χ4n) is 4.18. The van der Waals surface area contributed by atoms with E-state index in [1.165, 1.54) is 10.8 Å². The minimum absolute atomic E-state index is 0.202. The number of anilines is 1. The van der Waals surface area contributed by atoms with Crippen LogP contribution in [0, 0.1) is 0 Å². The van der Waals surface area contributed by atoms with Gasteiger partial charge in [-0.05, 0) is 29.8 Å². The summed E-state index contributed by atoms with van der Waals surface area (Å²) < 4.78 is 44.4. The quantitative estimate of drug-likeness (QED) is 0.372. The van der Waals surface area contributed by atoms with Gasteiger partial charge in [-0.25, -0.2) is 19.2 Å². The Hall–Kier alpha value is -3.66. The number of hydrogen-bond donors (Lipinski definition) is 1. The molecule has 11 heteroatoms. The molecule has 0 radical (unpaired) electrons. The Morgan fingerprint density at radius 2 is 1.82 bits per heavy atom. The summed E-state index contributed by atoms with van der Waals surface area (Å²) in [6, 6.07) is 13.4. The van der Waals surface area contributed by atoms with E-state index in [4.69, 9.17) is 11.6 Å². The first kappa shape index (κ1) is 20.0. The van der Waals surface area contributed by atoms with Gasteiger partial charge in [0.05, 0.1) is 11.6 Å². The van der Waals surface area contributed by atoms with Crippen molar-refractivity contribution in [3.8, 4) is 11.5 Å². The zero-order valence-corrected chi connectivity index (χ0v) is 17.6. The van der Waals surface area contributed by atoms with Crippen molar-refractivity contribution in [3.63, 3.8) is 0 Å². The number of halogens is 4. The maximum Gasteiger partial charge on any atom is 0.410 e. The second kappa shape index (κ2) is 7.17. The van der Waals surface area contributed by atoms with Gasteiger partial charge in [0.25, 0.3) is 0 Å². The molecule has 1 aliphatic rings. The summed E-state index contributed by atoms with van der Waals surface area (Å²) in [6.07, 6.45) is -3.15. The van der Waals surface area contributed by atoms with Crippen LogP contribution in [0.5, 0.6) is 0 Å². The monoisotopic (exact) mass is 469 g/mol. The molecule has 7 nitrogen and oxygen atoms in total. The third-order valence-electron chi connectivity index (χ3n) is 5.77. The molecule has 4 heterocycles. The van der Waals surface area contributed by atoms with Crippen molar-refractivity contribution in [1.29, 1.82) is 0 Å². The summed E-state index contributed by atoms with van der Waals surface area (Å²) >= 11 is 5.94. The second-order valence-electron chi connectivity index (χ2n) is 7.87. The maximum atomic E-state index is 14.0. The minimum atomic E-state index is -4.47. The van der Waals surface area contributed by atoms with Crippen LogP contribution in [0.3, 0.4) is 0 Å². The molecule has 0 bridgehead atoms. The van der Waals surface area contributed by atoms with Crippen LogP contribution in [-0.4, -0.2) is 35.5 Å². The molecule has 3 aromatic heterocycles. The standard InChI is InChI=1S/C22H15ClF3N7/c23-13-7-5-12(6-8-13)16-9-18(22(24,25)26)33-19(28-16)10-17(30-33)20-29-21-14-3-1-2-4-15(14)27-11-32(21)31-20/h1-8,10-11,16,18,28H,9H2/t16-,18+/m1/s1. The Labute approximate surface area is 189 Å². The first-order valence-electron chi connectivity index (χ1n) is 10.2. The van der Waals surface area contributed by atoms with Gasteiger partial charge in [-0.15, -0.1) is 5.10 Å². The molecule has 0 unspecified atom stereocenters. The van der Waals surface area contributed by atoms with Gasteiger partial charge >= 0.3 is 6.18 Å². The Balaban J connectivity index is 1.44. The molecule has 0 saturated carbocycles. The highest BCUT2D eigenvalue weighted by molar-refractivity contribution is 6.30. The molecule has 0 fully saturated rings. The highest BCUT2D eigenvalue weighted by atomic mass is 35.5. The van der Waals surface area contributed by atoms with Gasteiger partial charge in [0.1, 0.15) is 17.8 Å². The third kappa shape index (κ3) is 3.37. The van der Waals surface area contributed by atoms with Gasteiger partial charge in [-0.3, -0.25) is 0 Å². The first-order valence-corrected chi connectivity index (χ1v) is 10.5. The van der Waals surface area contributed by atoms with Gasteiger partial charge in [-0.1, -0.05) is 35.9 Å². The molecule has 2 atom stereocenters. The number of aromatic nitrogens is 6. The fraction of sp³-hybridized carbons (Fsp3) is 0.182. The van der Waals surface area contributed by atoms with Crippen molar-refractivity contribution >= 4 is 34.0 Å². The van der Waals surface area contributed by atoms with Crippen LogP contribution < -0.4 is 5.32 Å². The van der Waals surface area contributed by atoms with Crippen molar-refractivity contribution < 1.29 is 13.2 Å². The zero-order chi connectivity index (χ0) is 22.7. The molecule has 1 aliphatic heterocycles. The maximum absolute atomic E-state index is 14.0. The van der Waals surface area contributed by atoms with Crippen LogP contribution in [0.4, 0.5) is 19.0 Å². The number of rotatable bonds is 2. The Kier molecular flexibility index (Phi) is 4.34. The lowest BCUT2D eigenvalue weighted by atomic mass is 9.97. The number of alkyl halides is 3. The lowest BCUT2D eigenvalue weighted by Crippen LogP contribution is -2.35. The molecule has 0 amide bonds. The van der Waals surface area contributed by atoms with Gasteiger partial charge in [0.15, 0.2) is 11.7 Å². The molecule has 0 aliphatic carbocycles. The molecule has 2 aromatic carbocycles. The van der Waals surface area contributed by atoms with Gasteiger partial charge < -0.3 is 5.32 Å². The summed E-state index contributed by atoms with van der Waals surface area (Å²) in [5.74, 6) is 0.473. The van der Waals surface area contributed by atoms with Crippen molar-refractivity contribution in [3.05, 3.63) is 71.5 Å². The van der Waals surface area contributed by atoms with Crippen molar-refractivity contribution in [2.24, 2.45) is 0 Å². The van der Waals surface area contributed by atoms with Gasteiger partial charge in [0, 0.05) is 22.9 Å². The molecule has 6 rings (SSSR count). The number of fused-ring (bicyclic) bond motifs is 4. The van der Waals surface area contributed by atoms with Crippen LogP contribution in [0.15, 0.2) is 60.9 Å². The number of benzene rings is 2. The molecule has 0 saturated heterocycles. The number of nitrogens with one attached hydrogen (secondary N) is 1. The normalized spacial score (nSPS) is 18.4. The molecule has 1 N–H and O–H groups in total. The Bertz CT molecular complexity index is 1490. The number of nitrogens with zero attached hydrogens (tertiary/aromatic N) is 6. The van der Waals surface area contributed by atoms with Crippen LogP contribution in [0.25, 0.3) is 28.1 Å². The van der Waals surface area contributed by atoms with E-state index >= 15 is 0 Å². The smallest absolute Gasteiger partial charge is 0.363 e. The SMILES string of the molecule is FC(F)(F)[C@@H]1C[C@H](c2ccc(Cl)cc2)Nc2cc(-c3nc4c5ccccc5ncn4n3)nn21. The first-order chi connectivity index (χ1) is 15.9. The van der Waals surface area contributed by atoms with E-state index in [-0.39, 0.29) is 23.8 Å². The number of hydrogen-bond acceptors (Lipinski definition) is 5. The number of para-hydroxylation sites is 1. The molecule has 5 aromatic rings. The van der Waals surface area contributed by atoms with E-state index in [1.54, 1.807) is 30.3 Å². The predicted octanol–water partition coefficient (Wildman–Crippen LogP) is 5.45. The average Bonchev–Trinajstić information content (AvgIpc) is 3.42. The van der Waals surface area contributed by atoms with Gasteiger partial charge in [-0.2, -0.15) is 18.3 Å². The molecule has 33 heavy (non-hydrogen) atoms. The van der Waals surface area contributed by atoms with E-state index in [0.29, 0.717) is 16.2 Å². The summed E-state index contributed by atoms with van der Waals surface area (Å²) in [5.41, 5.74) is 2.26. The van der Waals surface area contributed by atoms with E-state index in [9.17, 15) is 13.2 Å². The summed E-state index contributed by atoms with van der Waals surface area (Å²) in [4.78, 5) is 8.88. The highest BCUT2D eigenvalue weighted by Crippen LogP contribution is 2.44. The van der Waals surface area contributed by atoms with E-state index in [1.807, 2.05) is 24.3 Å². The van der Waals surface area contributed by atoms with Crippen LogP contribution in [0.1, 0.15) is 24.1 Å².